The second-order valence-corrected chi connectivity index (χ2v) is 6.91. The van der Waals surface area contributed by atoms with Crippen molar-refractivity contribution >= 4 is 27.4 Å². The minimum Gasteiger partial charge on any atom is -0.347 e. The normalized spacial score (nSPS) is 28.0. The quantitative estimate of drug-likeness (QED) is 0.901. The second kappa shape index (κ2) is 5.10. The lowest BCUT2D eigenvalue weighted by Crippen LogP contribution is -2.47. The number of carbonyl (C=O) groups excluding carboxylic acids is 1. The van der Waals surface area contributed by atoms with Crippen LogP contribution in [0.4, 0.5) is 0 Å². The van der Waals surface area contributed by atoms with Crippen LogP contribution in [0.3, 0.4) is 0 Å². The predicted molar refractivity (Wildman–Crippen MR) is 83.3 cm³/mol. The van der Waals surface area contributed by atoms with Crippen LogP contribution in [0.5, 0.6) is 0 Å². The maximum Gasteiger partial charge on any atom is 0.270 e. The molecule has 6 heteroatoms. The van der Waals surface area contributed by atoms with E-state index in [0.29, 0.717) is 5.69 Å². The SMILES string of the molecule is O=C(N[C@@H]1C[C@@H]2CCN(C2)C1)c1cc2c(Br)ccn2cn1. The smallest absolute Gasteiger partial charge is 0.270 e. The molecule has 1 unspecified atom stereocenters. The Bertz CT molecular complexity index is 686. The molecular formula is C15H17BrN4O. The Labute approximate surface area is 131 Å². The topological polar surface area (TPSA) is 49.6 Å². The molecule has 0 radical (unpaired) electrons. The van der Waals surface area contributed by atoms with Gasteiger partial charge in [-0.25, -0.2) is 4.98 Å². The minimum absolute atomic E-state index is 0.0712. The standard InChI is InChI=1S/C15H17BrN4O/c16-12-2-4-20-9-17-13(6-14(12)20)15(21)18-11-5-10-1-3-19(7-10)8-11/h2,4,6,9-11H,1,3,5,7-8H2,(H,18,21)/t10-,11+/m0/s1. The van der Waals surface area contributed by atoms with Gasteiger partial charge in [0.1, 0.15) is 12.0 Å². The monoisotopic (exact) mass is 348 g/mol. The third-order valence-corrected chi connectivity index (χ3v) is 5.20. The summed E-state index contributed by atoms with van der Waals surface area (Å²) in [6, 6.07) is 4.04. The van der Waals surface area contributed by atoms with Crippen molar-refractivity contribution in [3.8, 4) is 0 Å². The first-order valence-electron chi connectivity index (χ1n) is 7.34. The summed E-state index contributed by atoms with van der Waals surface area (Å²) in [5.41, 5.74) is 1.44. The first kappa shape index (κ1) is 13.3. The molecule has 2 fully saturated rings. The molecule has 4 rings (SSSR count). The van der Waals surface area contributed by atoms with Gasteiger partial charge >= 0.3 is 0 Å². The van der Waals surface area contributed by atoms with E-state index in [9.17, 15) is 4.79 Å². The number of fused-ring (bicyclic) bond motifs is 3. The maximum atomic E-state index is 12.4. The summed E-state index contributed by atoms with van der Waals surface area (Å²) in [5.74, 6) is 0.678. The molecule has 21 heavy (non-hydrogen) atoms. The van der Waals surface area contributed by atoms with Gasteiger partial charge < -0.3 is 14.6 Å². The molecule has 5 nitrogen and oxygen atoms in total. The van der Waals surface area contributed by atoms with Crippen LogP contribution in [0.15, 0.2) is 29.1 Å². The molecule has 2 aliphatic heterocycles. The minimum atomic E-state index is -0.0712. The van der Waals surface area contributed by atoms with E-state index in [-0.39, 0.29) is 11.9 Å². The molecule has 2 aliphatic rings. The molecule has 0 aliphatic carbocycles. The molecule has 2 aromatic heterocycles. The molecule has 2 saturated heterocycles. The van der Waals surface area contributed by atoms with Gasteiger partial charge in [0.2, 0.25) is 0 Å². The van der Waals surface area contributed by atoms with E-state index in [1.54, 1.807) is 6.33 Å². The van der Waals surface area contributed by atoms with Crippen LogP contribution in [-0.4, -0.2) is 45.9 Å². The predicted octanol–water partition coefficient (Wildman–Crippen LogP) is 1.92. The van der Waals surface area contributed by atoms with E-state index in [0.717, 1.165) is 28.9 Å². The fourth-order valence-electron chi connectivity index (χ4n) is 3.52. The van der Waals surface area contributed by atoms with E-state index >= 15 is 0 Å². The third kappa shape index (κ3) is 2.46. The fraction of sp³-hybridized carbons (Fsp3) is 0.467. The van der Waals surface area contributed by atoms with Gasteiger partial charge in [0.25, 0.3) is 5.91 Å². The zero-order valence-corrected chi connectivity index (χ0v) is 13.2. The van der Waals surface area contributed by atoms with Crippen molar-refractivity contribution in [1.29, 1.82) is 0 Å². The highest BCUT2D eigenvalue weighted by atomic mass is 79.9. The second-order valence-electron chi connectivity index (χ2n) is 6.05. The number of hydrogen-bond donors (Lipinski definition) is 1. The summed E-state index contributed by atoms with van der Waals surface area (Å²) in [4.78, 5) is 19.1. The van der Waals surface area contributed by atoms with Gasteiger partial charge in [0.15, 0.2) is 0 Å². The van der Waals surface area contributed by atoms with Gasteiger partial charge in [-0.2, -0.15) is 0 Å². The van der Waals surface area contributed by atoms with Crippen LogP contribution in [0.1, 0.15) is 23.3 Å². The van der Waals surface area contributed by atoms with Crippen LogP contribution in [0.2, 0.25) is 0 Å². The Morgan fingerprint density at radius 3 is 3.19 bits per heavy atom. The van der Waals surface area contributed by atoms with Crippen molar-refractivity contribution in [2.45, 2.75) is 18.9 Å². The van der Waals surface area contributed by atoms with E-state index in [1.165, 1.54) is 19.5 Å². The van der Waals surface area contributed by atoms with Crippen LogP contribution in [0.25, 0.3) is 5.52 Å². The van der Waals surface area contributed by atoms with Crippen molar-refractivity contribution in [2.75, 3.05) is 19.6 Å². The maximum absolute atomic E-state index is 12.4. The number of aromatic nitrogens is 2. The Balaban J connectivity index is 1.52. The molecular weight excluding hydrogens is 332 g/mol. The summed E-state index contributed by atoms with van der Waals surface area (Å²) >= 11 is 3.49. The molecule has 4 heterocycles. The van der Waals surface area contributed by atoms with Crippen molar-refractivity contribution in [2.24, 2.45) is 5.92 Å². The number of carbonyl (C=O) groups is 1. The van der Waals surface area contributed by atoms with Crippen molar-refractivity contribution in [1.82, 2.24) is 19.6 Å². The van der Waals surface area contributed by atoms with Gasteiger partial charge in [0, 0.05) is 29.8 Å². The highest BCUT2D eigenvalue weighted by Crippen LogP contribution is 2.27. The average molecular weight is 349 g/mol. The van der Waals surface area contributed by atoms with Gasteiger partial charge in [-0.3, -0.25) is 4.79 Å². The number of amides is 1. The van der Waals surface area contributed by atoms with Crippen LogP contribution >= 0.6 is 15.9 Å². The van der Waals surface area contributed by atoms with Gasteiger partial charge in [-0.1, -0.05) is 0 Å². The Kier molecular flexibility index (Phi) is 3.23. The van der Waals surface area contributed by atoms with Crippen LogP contribution < -0.4 is 5.32 Å². The molecule has 1 N–H and O–H groups in total. The molecule has 2 bridgehead atoms. The van der Waals surface area contributed by atoms with Gasteiger partial charge in [0.05, 0.1) is 5.52 Å². The Morgan fingerprint density at radius 2 is 2.33 bits per heavy atom. The van der Waals surface area contributed by atoms with E-state index in [4.69, 9.17) is 0 Å². The van der Waals surface area contributed by atoms with E-state index in [2.05, 4.69) is 31.1 Å². The van der Waals surface area contributed by atoms with Crippen LogP contribution in [-0.2, 0) is 0 Å². The van der Waals surface area contributed by atoms with Gasteiger partial charge in [-0.15, -0.1) is 0 Å². The molecule has 0 saturated carbocycles. The fourth-order valence-corrected chi connectivity index (χ4v) is 3.96. The van der Waals surface area contributed by atoms with Gasteiger partial charge in [-0.05, 0) is 53.4 Å². The largest absolute Gasteiger partial charge is 0.347 e. The molecule has 0 spiro atoms. The van der Waals surface area contributed by atoms with Crippen LogP contribution in [0, 0.1) is 5.92 Å². The Hall–Kier alpha value is -1.40. The summed E-state index contributed by atoms with van der Waals surface area (Å²) in [5, 5.41) is 3.14. The highest BCUT2D eigenvalue weighted by Gasteiger charge is 2.33. The molecule has 2 aromatic rings. The summed E-state index contributed by atoms with van der Waals surface area (Å²) in [7, 11) is 0. The number of hydrogen-bond acceptors (Lipinski definition) is 3. The molecule has 0 aromatic carbocycles. The van der Waals surface area contributed by atoms with E-state index in [1.807, 2.05) is 22.7 Å². The average Bonchev–Trinajstić information content (AvgIpc) is 3.02. The van der Waals surface area contributed by atoms with E-state index < -0.39 is 0 Å². The molecule has 110 valence electrons. The first-order chi connectivity index (χ1) is 10.2. The number of piperidine rings is 1. The van der Waals surface area contributed by atoms with Crippen molar-refractivity contribution in [3.63, 3.8) is 0 Å². The molecule has 1 amide bonds. The lowest BCUT2D eigenvalue weighted by atomic mass is 9.97. The number of nitrogens with zero attached hydrogens (tertiary/aromatic N) is 3. The lowest BCUT2D eigenvalue weighted by Gasteiger charge is -2.30. The first-order valence-corrected chi connectivity index (χ1v) is 8.14. The van der Waals surface area contributed by atoms with Crippen molar-refractivity contribution in [3.05, 3.63) is 34.8 Å². The summed E-state index contributed by atoms with van der Waals surface area (Å²) in [6.07, 6.45) is 5.97. The summed E-state index contributed by atoms with van der Waals surface area (Å²) < 4.78 is 2.87. The number of nitrogens with one attached hydrogen (secondary N) is 1. The Morgan fingerprint density at radius 1 is 1.43 bits per heavy atom. The zero-order valence-electron chi connectivity index (χ0n) is 11.6. The van der Waals surface area contributed by atoms with Crippen molar-refractivity contribution < 1.29 is 4.79 Å². The summed E-state index contributed by atoms with van der Waals surface area (Å²) in [6.45, 7) is 3.35. The zero-order chi connectivity index (χ0) is 14.4. The number of rotatable bonds is 2. The highest BCUT2D eigenvalue weighted by molar-refractivity contribution is 9.10. The molecule has 3 atom stereocenters. The number of halogens is 1. The third-order valence-electron chi connectivity index (χ3n) is 4.53. The lowest BCUT2D eigenvalue weighted by molar-refractivity contribution is 0.0904.